The van der Waals surface area contributed by atoms with Crippen molar-refractivity contribution in [3.8, 4) is 17.1 Å². The van der Waals surface area contributed by atoms with Crippen molar-refractivity contribution in [3.05, 3.63) is 82.3 Å². The summed E-state index contributed by atoms with van der Waals surface area (Å²) in [5.41, 5.74) is 1.75. The smallest absolute Gasteiger partial charge is 0.271 e. The van der Waals surface area contributed by atoms with Gasteiger partial charge in [-0.1, -0.05) is 17.8 Å². The summed E-state index contributed by atoms with van der Waals surface area (Å²) < 4.78 is 7.28. The fourth-order valence-corrected chi connectivity index (χ4v) is 3.83. The van der Waals surface area contributed by atoms with Gasteiger partial charge in [0, 0.05) is 17.7 Å². The number of aromatic hydroxyl groups is 1. The molecule has 0 radical (unpaired) electrons. The second-order valence-electron chi connectivity index (χ2n) is 7.11. The zero-order chi connectivity index (χ0) is 23.4. The molecule has 1 amide bonds. The van der Waals surface area contributed by atoms with Gasteiger partial charge in [-0.05, 0) is 48.9 Å². The van der Waals surface area contributed by atoms with Gasteiger partial charge in [-0.25, -0.2) is 0 Å². The molecule has 10 nitrogen and oxygen atoms in total. The van der Waals surface area contributed by atoms with Crippen LogP contribution in [0, 0.1) is 17.0 Å². The van der Waals surface area contributed by atoms with Crippen LogP contribution in [0.1, 0.15) is 11.3 Å². The largest absolute Gasteiger partial charge is 0.508 e. The Bertz CT molecular complexity index is 1290. The number of aryl methyl sites for hydroxylation is 1. The fraction of sp³-hybridized carbons (Fsp3) is 0.136. The first-order valence-corrected chi connectivity index (χ1v) is 10.8. The second-order valence-corrected chi connectivity index (χ2v) is 8.05. The molecule has 0 unspecified atom stereocenters. The van der Waals surface area contributed by atoms with E-state index in [1.807, 2.05) is 10.6 Å². The minimum absolute atomic E-state index is 0.0218. The Labute approximate surface area is 192 Å². The Kier molecular flexibility index (Phi) is 6.41. The molecule has 168 valence electrons. The van der Waals surface area contributed by atoms with Gasteiger partial charge in [0.05, 0.1) is 29.2 Å². The lowest BCUT2D eigenvalue weighted by Crippen LogP contribution is -2.15. The number of rotatable bonds is 8. The standard InChI is InChI=1S/C22H19N5O5S/c1-14-4-7-16(27(30)31)11-19(14)23-20(29)13-33-22-25-24-21(15-5-8-17(28)9-6-15)26(22)12-18-3-2-10-32-18/h2-11,28H,12-13H2,1H3,(H,23,29). The molecular formula is C22H19N5O5S. The molecule has 0 aliphatic rings. The van der Waals surface area contributed by atoms with E-state index in [1.165, 1.54) is 23.9 Å². The van der Waals surface area contributed by atoms with E-state index in [2.05, 4.69) is 15.5 Å². The third-order valence-corrected chi connectivity index (χ3v) is 5.74. The highest BCUT2D eigenvalue weighted by atomic mass is 32.2. The van der Waals surface area contributed by atoms with Gasteiger partial charge >= 0.3 is 0 Å². The van der Waals surface area contributed by atoms with Crippen LogP contribution >= 0.6 is 11.8 Å². The zero-order valence-electron chi connectivity index (χ0n) is 17.5. The summed E-state index contributed by atoms with van der Waals surface area (Å²) in [4.78, 5) is 23.1. The van der Waals surface area contributed by atoms with Crippen LogP contribution in [0.15, 0.2) is 70.4 Å². The molecule has 0 saturated heterocycles. The van der Waals surface area contributed by atoms with E-state index in [-0.39, 0.29) is 23.1 Å². The molecular weight excluding hydrogens is 446 g/mol. The number of thioether (sulfide) groups is 1. The van der Waals surface area contributed by atoms with E-state index >= 15 is 0 Å². The number of hydrogen-bond acceptors (Lipinski definition) is 8. The van der Waals surface area contributed by atoms with E-state index < -0.39 is 4.92 Å². The Morgan fingerprint density at radius 1 is 1.21 bits per heavy atom. The maximum absolute atomic E-state index is 12.6. The lowest BCUT2D eigenvalue weighted by atomic mass is 10.2. The number of benzene rings is 2. The number of aromatic nitrogens is 3. The van der Waals surface area contributed by atoms with Gasteiger partial charge in [0.25, 0.3) is 5.69 Å². The van der Waals surface area contributed by atoms with Crippen molar-refractivity contribution in [2.45, 2.75) is 18.6 Å². The molecule has 0 spiro atoms. The van der Waals surface area contributed by atoms with Crippen LogP contribution in [0.3, 0.4) is 0 Å². The molecule has 2 aromatic carbocycles. The summed E-state index contributed by atoms with van der Waals surface area (Å²) in [6, 6.07) is 14.5. The molecule has 2 aromatic heterocycles. The summed E-state index contributed by atoms with van der Waals surface area (Å²) in [5, 5.41) is 32.3. The molecule has 4 rings (SSSR count). The second kappa shape index (κ2) is 9.57. The maximum Gasteiger partial charge on any atom is 0.271 e. The highest BCUT2D eigenvalue weighted by Crippen LogP contribution is 2.27. The minimum atomic E-state index is -0.508. The molecule has 11 heteroatoms. The Hall–Kier alpha value is -4.12. The molecule has 0 aliphatic heterocycles. The zero-order valence-corrected chi connectivity index (χ0v) is 18.3. The van der Waals surface area contributed by atoms with Gasteiger partial charge < -0.3 is 14.8 Å². The predicted molar refractivity (Wildman–Crippen MR) is 122 cm³/mol. The number of hydrogen-bond donors (Lipinski definition) is 2. The lowest BCUT2D eigenvalue weighted by molar-refractivity contribution is -0.384. The lowest BCUT2D eigenvalue weighted by Gasteiger charge is -2.10. The number of nitro benzene ring substituents is 1. The van der Waals surface area contributed by atoms with Crippen LogP contribution in [-0.2, 0) is 11.3 Å². The van der Waals surface area contributed by atoms with Crippen LogP contribution in [0.2, 0.25) is 0 Å². The highest BCUT2D eigenvalue weighted by molar-refractivity contribution is 7.99. The van der Waals surface area contributed by atoms with Crippen molar-refractivity contribution in [3.63, 3.8) is 0 Å². The number of nitrogens with zero attached hydrogens (tertiary/aromatic N) is 4. The number of anilines is 1. The number of furan rings is 1. The number of amides is 1. The molecule has 2 heterocycles. The van der Waals surface area contributed by atoms with Gasteiger partial charge in [0.2, 0.25) is 5.91 Å². The summed E-state index contributed by atoms with van der Waals surface area (Å²) in [6.07, 6.45) is 1.57. The molecule has 2 N–H and O–H groups in total. The first-order valence-electron chi connectivity index (χ1n) is 9.83. The van der Waals surface area contributed by atoms with E-state index in [1.54, 1.807) is 49.6 Å². The number of carbonyl (C=O) groups is 1. The SMILES string of the molecule is Cc1ccc([N+](=O)[O-])cc1NC(=O)CSc1nnc(-c2ccc(O)cc2)n1Cc1ccco1. The van der Waals surface area contributed by atoms with Crippen LogP contribution in [-0.4, -0.2) is 36.5 Å². The van der Waals surface area contributed by atoms with Gasteiger partial charge in [-0.3, -0.25) is 19.5 Å². The average molecular weight is 465 g/mol. The Morgan fingerprint density at radius 3 is 2.70 bits per heavy atom. The number of phenolic OH excluding ortho intramolecular Hbond substituents is 1. The quantitative estimate of drug-likeness (QED) is 0.224. The fourth-order valence-electron chi connectivity index (χ4n) is 3.10. The number of nitro groups is 1. The van der Waals surface area contributed by atoms with Crippen molar-refractivity contribution >= 4 is 29.0 Å². The summed E-state index contributed by atoms with van der Waals surface area (Å²) >= 11 is 1.18. The van der Waals surface area contributed by atoms with Crippen LogP contribution in [0.5, 0.6) is 5.75 Å². The summed E-state index contributed by atoms with van der Waals surface area (Å²) in [6.45, 7) is 2.11. The van der Waals surface area contributed by atoms with Gasteiger partial charge in [0.1, 0.15) is 11.5 Å². The van der Waals surface area contributed by atoms with E-state index in [9.17, 15) is 20.0 Å². The Morgan fingerprint density at radius 2 is 2.00 bits per heavy atom. The number of nitrogens with one attached hydrogen (secondary N) is 1. The monoisotopic (exact) mass is 465 g/mol. The van der Waals surface area contributed by atoms with Crippen molar-refractivity contribution in [2.75, 3.05) is 11.1 Å². The molecule has 4 aromatic rings. The first kappa shape index (κ1) is 22.1. The molecule has 0 saturated carbocycles. The summed E-state index contributed by atoms with van der Waals surface area (Å²) in [5.74, 6) is 1.08. The average Bonchev–Trinajstić information content (AvgIpc) is 3.45. The molecule has 0 bridgehead atoms. The molecule has 0 fully saturated rings. The van der Waals surface area contributed by atoms with Crippen molar-refractivity contribution < 1.29 is 19.2 Å². The van der Waals surface area contributed by atoms with Crippen LogP contribution in [0.25, 0.3) is 11.4 Å². The van der Waals surface area contributed by atoms with Gasteiger partial charge in [0.15, 0.2) is 11.0 Å². The molecule has 0 atom stereocenters. The summed E-state index contributed by atoms with van der Waals surface area (Å²) in [7, 11) is 0. The minimum Gasteiger partial charge on any atom is -0.508 e. The number of phenols is 1. The predicted octanol–water partition coefficient (Wildman–Crippen LogP) is 4.24. The van der Waals surface area contributed by atoms with Crippen molar-refractivity contribution in [1.82, 2.24) is 14.8 Å². The topological polar surface area (TPSA) is 136 Å². The van der Waals surface area contributed by atoms with Gasteiger partial charge in [-0.15, -0.1) is 10.2 Å². The van der Waals surface area contributed by atoms with E-state index in [0.29, 0.717) is 29.0 Å². The van der Waals surface area contributed by atoms with E-state index in [4.69, 9.17) is 4.42 Å². The van der Waals surface area contributed by atoms with Crippen LogP contribution in [0.4, 0.5) is 11.4 Å². The Balaban J connectivity index is 1.53. The van der Waals surface area contributed by atoms with Crippen molar-refractivity contribution in [1.29, 1.82) is 0 Å². The van der Waals surface area contributed by atoms with E-state index in [0.717, 1.165) is 11.1 Å². The third-order valence-electron chi connectivity index (χ3n) is 4.77. The normalized spacial score (nSPS) is 10.8. The number of non-ortho nitro benzene ring substituents is 1. The maximum atomic E-state index is 12.6. The van der Waals surface area contributed by atoms with Crippen LogP contribution < -0.4 is 5.32 Å². The third kappa shape index (κ3) is 5.21. The first-order chi connectivity index (χ1) is 15.9. The van der Waals surface area contributed by atoms with Crippen molar-refractivity contribution in [2.24, 2.45) is 0 Å². The number of carbonyl (C=O) groups excluding carboxylic acids is 1. The van der Waals surface area contributed by atoms with Gasteiger partial charge in [-0.2, -0.15) is 0 Å². The molecule has 33 heavy (non-hydrogen) atoms. The highest BCUT2D eigenvalue weighted by Gasteiger charge is 2.18. The molecule has 0 aliphatic carbocycles.